The van der Waals surface area contributed by atoms with E-state index in [-0.39, 0.29) is 41.8 Å². The Labute approximate surface area is 184 Å². The van der Waals surface area contributed by atoms with E-state index in [0.29, 0.717) is 19.6 Å². The third kappa shape index (κ3) is 6.09. The Hall–Kier alpha value is -1.84. The highest BCUT2D eigenvalue weighted by molar-refractivity contribution is 7.90. The van der Waals surface area contributed by atoms with E-state index in [1.807, 2.05) is 4.90 Å². The summed E-state index contributed by atoms with van der Waals surface area (Å²) in [5.41, 5.74) is 0.776. The van der Waals surface area contributed by atoms with Crippen LogP contribution < -0.4 is 0 Å². The first-order valence-electron chi connectivity index (χ1n) is 9.91. The van der Waals surface area contributed by atoms with Crippen LogP contribution in [-0.4, -0.2) is 93.8 Å². The number of amides is 2. The maximum atomic E-state index is 13.0. The topological polar surface area (TPSA) is 87.2 Å². The van der Waals surface area contributed by atoms with Gasteiger partial charge in [-0.05, 0) is 43.6 Å². The average Bonchev–Trinajstić information content (AvgIpc) is 3.20. The molecule has 0 aliphatic carbocycles. The molecule has 3 rings (SSSR count). The van der Waals surface area contributed by atoms with Gasteiger partial charge in [0.05, 0.1) is 24.5 Å². The van der Waals surface area contributed by atoms with E-state index in [0.717, 1.165) is 44.3 Å². The number of methoxy groups -OCH3 is 1. The summed E-state index contributed by atoms with van der Waals surface area (Å²) in [6, 6.07) is 6.37. The van der Waals surface area contributed by atoms with E-state index in [2.05, 4.69) is 4.90 Å². The number of ether oxygens (including phenoxy) is 1. The van der Waals surface area contributed by atoms with Crippen molar-refractivity contribution in [1.82, 2.24) is 14.7 Å². The second-order valence-electron chi connectivity index (χ2n) is 7.76. The van der Waals surface area contributed by atoms with Gasteiger partial charge in [0.25, 0.3) is 0 Å². The van der Waals surface area contributed by atoms with Crippen molar-refractivity contribution in [1.29, 1.82) is 0 Å². The zero-order valence-electron chi connectivity index (χ0n) is 17.5. The van der Waals surface area contributed by atoms with Gasteiger partial charge < -0.3 is 19.4 Å². The van der Waals surface area contributed by atoms with E-state index in [9.17, 15) is 18.0 Å². The first kappa shape index (κ1) is 24.4. The molecule has 2 saturated heterocycles. The van der Waals surface area contributed by atoms with Crippen LogP contribution in [0.25, 0.3) is 0 Å². The number of halogens is 1. The second-order valence-corrected chi connectivity index (χ2v) is 9.77. The molecule has 2 fully saturated rings. The lowest BCUT2D eigenvalue weighted by Gasteiger charge is -2.42. The van der Waals surface area contributed by atoms with Crippen LogP contribution in [0.4, 0.5) is 4.79 Å². The number of hydrogen-bond donors (Lipinski definition) is 0. The van der Waals surface area contributed by atoms with Crippen molar-refractivity contribution in [3.63, 3.8) is 0 Å². The number of benzene rings is 1. The minimum absolute atomic E-state index is 0. The summed E-state index contributed by atoms with van der Waals surface area (Å²) in [7, 11) is -1.89. The Bertz CT molecular complexity index is 841. The van der Waals surface area contributed by atoms with Gasteiger partial charge >= 0.3 is 6.09 Å². The number of piperazine rings is 1. The highest BCUT2D eigenvalue weighted by Crippen LogP contribution is 2.18. The average molecular weight is 460 g/mol. The summed E-state index contributed by atoms with van der Waals surface area (Å²) in [4.78, 5) is 31.1. The number of carbonyl (C=O) groups is 2. The molecule has 1 aromatic rings. The fraction of sp³-hybridized carbons (Fsp3) is 0.600. The smallest absolute Gasteiger partial charge is 0.409 e. The molecule has 0 spiro atoms. The van der Waals surface area contributed by atoms with Gasteiger partial charge in [-0.3, -0.25) is 4.79 Å². The predicted octanol–water partition coefficient (Wildman–Crippen LogP) is 1.43. The van der Waals surface area contributed by atoms with Crippen molar-refractivity contribution < 1.29 is 22.7 Å². The molecule has 168 valence electrons. The Balaban J connectivity index is 0.00000320. The largest absolute Gasteiger partial charge is 0.453 e. The fourth-order valence-corrected chi connectivity index (χ4v) is 4.66. The first-order chi connectivity index (χ1) is 13.8. The van der Waals surface area contributed by atoms with E-state index in [4.69, 9.17) is 4.74 Å². The van der Waals surface area contributed by atoms with Gasteiger partial charge in [0.15, 0.2) is 9.84 Å². The monoisotopic (exact) mass is 459 g/mol. The maximum Gasteiger partial charge on any atom is 0.409 e. The summed E-state index contributed by atoms with van der Waals surface area (Å²) in [5.74, 6) is -0.00850. The fourth-order valence-electron chi connectivity index (χ4n) is 4.03. The molecule has 2 aliphatic rings. The van der Waals surface area contributed by atoms with Crippen molar-refractivity contribution in [2.75, 3.05) is 52.6 Å². The van der Waals surface area contributed by atoms with Crippen LogP contribution in [0.15, 0.2) is 29.2 Å². The van der Waals surface area contributed by atoms with Crippen LogP contribution in [0.5, 0.6) is 0 Å². The molecule has 10 heteroatoms. The molecule has 2 heterocycles. The zero-order valence-corrected chi connectivity index (χ0v) is 19.1. The number of carbonyl (C=O) groups excluding carboxylic acids is 2. The number of rotatable bonds is 5. The third-order valence-electron chi connectivity index (χ3n) is 5.61. The summed E-state index contributed by atoms with van der Waals surface area (Å²) < 4.78 is 28.1. The first-order valence-corrected chi connectivity index (χ1v) is 11.8. The lowest BCUT2D eigenvalue weighted by Crippen LogP contribution is -2.59. The molecule has 8 nitrogen and oxygen atoms in total. The van der Waals surface area contributed by atoms with Crippen molar-refractivity contribution in [2.45, 2.75) is 30.2 Å². The maximum absolute atomic E-state index is 13.0. The van der Waals surface area contributed by atoms with E-state index >= 15 is 0 Å². The van der Waals surface area contributed by atoms with Gasteiger partial charge in [-0.1, -0.05) is 12.1 Å². The number of hydrogen-bond acceptors (Lipinski definition) is 6. The van der Waals surface area contributed by atoms with E-state index in [1.165, 1.54) is 19.2 Å². The summed E-state index contributed by atoms with van der Waals surface area (Å²) in [6.07, 6.45) is 3.33. The lowest BCUT2D eigenvalue weighted by atomic mass is 10.1. The zero-order chi connectivity index (χ0) is 21.0. The molecule has 0 radical (unpaired) electrons. The molecule has 1 atom stereocenters. The number of nitrogens with zero attached hydrogens (tertiary/aromatic N) is 3. The predicted molar refractivity (Wildman–Crippen MR) is 116 cm³/mol. The minimum atomic E-state index is -3.26. The van der Waals surface area contributed by atoms with Crippen LogP contribution in [0, 0.1) is 0 Å². The molecule has 0 aromatic heterocycles. The Kier molecular flexibility index (Phi) is 8.52. The third-order valence-corrected chi connectivity index (χ3v) is 6.74. The molecule has 0 unspecified atom stereocenters. The van der Waals surface area contributed by atoms with Crippen molar-refractivity contribution in [3.8, 4) is 0 Å². The van der Waals surface area contributed by atoms with E-state index < -0.39 is 9.84 Å². The molecule has 2 aliphatic heterocycles. The summed E-state index contributed by atoms with van der Waals surface area (Å²) >= 11 is 0. The molecular formula is C20H30ClN3O5S. The van der Waals surface area contributed by atoms with Gasteiger partial charge in [-0.2, -0.15) is 0 Å². The number of sulfone groups is 1. The molecular weight excluding hydrogens is 430 g/mol. The van der Waals surface area contributed by atoms with E-state index in [1.54, 1.807) is 17.0 Å². The summed E-state index contributed by atoms with van der Waals surface area (Å²) in [5, 5.41) is 0. The van der Waals surface area contributed by atoms with Gasteiger partial charge in [-0.15, -0.1) is 12.4 Å². The van der Waals surface area contributed by atoms with Gasteiger partial charge in [0.2, 0.25) is 5.91 Å². The Morgan fingerprint density at radius 2 is 1.70 bits per heavy atom. The quantitative estimate of drug-likeness (QED) is 0.662. The minimum Gasteiger partial charge on any atom is -0.453 e. The van der Waals surface area contributed by atoms with Crippen LogP contribution in [0.2, 0.25) is 0 Å². The highest BCUT2D eigenvalue weighted by Gasteiger charge is 2.34. The summed E-state index contributed by atoms with van der Waals surface area (Å²) in [6.45, 7) is 4.15. The SMILES string of the molecule is COC(=O)N1CCN(C(=O)Cc2ccc(S(C)(=O)=O)cc2)[C@H](CN2CCCC2)C1.Cl. The molecule has 2 amide bonds. The number of likely N-dealkylation sites (tertiary alicyclic amines) is 1. The molecule has 0 N–H and O–H groups in total. The van der Waals surface area contributed by atoms with Crippen LogP contribution >= 0.6 is 12.4 Å². The van der Waals surface area contributed by atoms with Gasteiger partial charge in [-0.25, -0.2) is 13.2 Å². The normalized spacial score (nSPS) is 20.0. The van der Waals surface area contributed by atoms with Crippen molar-refractivity contribution >= 4 is 34.2 Å². The van der Waals surface area contributed by atoms with Crippen molar-refractivity contribution in [2.24, 2.45) is 0 Å². The van der Waals surface area contributed by atoms with Crippen molar-refractivity contribution in [3.05, 3.63) is 29.8 Å². The van der Waals surface area contributed by atoms with Crippen LogP contribution in [0.3, 0.4) is 0 Å². The standard InChI is InChI=1S/C20H29N3O5S.ClH/c1-28-20(25)22-11-12-23(17(15-22)14-21-9-3-4-10-21)19(24)13-16-5-7-18(8-6-16)29(2,26)27;/h5-8,17H,3-4,9-15H2,1-2H3;1H/t17-;/m1./s1. The molecule has 0 saturated carbocycles. The Morgan fingerprint density at radius 3 is 2.27 bits per heavy atom. The van der Waals surface area contributed by atoms with Gasteiger partial charge in [0.1, 0.15) is 0 Å². The highest BCUT2D eigenvalue weighted by atomic mass is 35.5. The molecule has 30 heavy (non-hydrogen) atoms. The van der Waals surface area contributed by atoms with Crippen LogP contribution in [0.1, 0.15) is 18.4 Å². The van der Waals surface area contributed by atoms with Gasteiger partial charge in [0, 0.05) is 32.4 Å². The second kappa shape index (κ2) is 10.5. The lowest BCUT2D eigenvalue weighted by molar-refractivity contribution is -0.135. The molecule has 1 aromatic carbocycles. The molecule has 0 bridgehead atoms. The Morgan fingerprint density at radius 1 is 1.07 bits per heavy atom. The van der Waals surface area contributed by atoms with Crippen LogP contribution in [-0.2, 0) is 25.8 Å².